The van der Waals surface area contributed by atoms with Gasteiger partial charge in [-0.3, -0.25) is 0 Å². The number of benzene rings is 1. The maximum absolute atomic E-state index is 11.1. The number of hydrogen-bond acceptors (Lipinski definition) is 2. The fourth-order valence-electron chi connectivity index (χ4n) is 4.05. The molecule has 2 unspecified atom stereocenters. The molecule has 0 spiro atoms. The summed E-state index contributed by atoms with van der Waals surface area (Å²) >= 11 is 0. The fourth-order valence-corrected chi connectivity index (χ4v) is 4.05. The molecule has 2 saturated heterocycles. The smallest absolute Gasteiger partial charge is 0.0923 e. The van der Waals surface area contributed by atoms with Crippen molar-refractivity contribution < 1.29 is 5.11 Å². The van der Waals surface area contributed by atoms with Crippen LogP contribution in [-0.4, -0.2) is 34.1 Å². The largest absolute Gasteiger partial charge is 0.385 e. The summed E-state index contributed by atoms with van der Waals surface area (Å²) in [5.41, 5.74) is 2.87. The van der Waals surface area contributed by atoms with E-state index in [-0.39, 0.29) is 0 Å². The minimum absolute atomic E-state index is 0.580. The first-order chi connectivity index (χ1) is 11.7. The van der Waals surface area contributed by atoms with E-state index in [9.17, 15) is 5.11 Å². The molecule has 3 nitrogen and oxygen atoms in total. The van der Waals surface area contributed by atoms with E-state index in [2.05, 4.69) is 35.0 Å². The second-order valence-corrected chi connectivity index (χ2v) is 6.55. The number of piperidine rings is 1. The number of aryl methyl sites for hydroxylation is 1. The highest BCUT2D eigenvalue weighted by Gasteiger charge is 2.41. The number of aromatic amines is 1. The summed E-state index contributed by atoms with van der Waals surface area (Å²) in [4.78, 5) is 5.83. The fraction of sp³-hybridized carbons (Fsp3) is 0.619. The number of nitrogens with one attached hydrogen (secondary N) is 1. The van der Waals surface area contributed by atoms with Crippen LogP contribution >= 0.6 is 0 Å². The monoisotopic (exact) mass is 330 g/mol. The molecule has 2 N–H and O–H groups in total. The second-order valence-electron chi connectivity index (χ2n) is 6.55. The van der Waals surface area contributed by atoms with Crippen molar-refractivity contribution in [2.75, 3.05) is 13.1 Å². The summed E-state index contributed by atoms with van der Waals surface area (Å²) in [5.74, 6) is 0. The summed E-state index contributed by atoms with van der Waals surface area (Å²) in [5, 5.41) is 12.4. The topological polar surface area (TPSA) is 39.3 Å². The van der Waals surface area contributed by atoms with E-state index in [4.69, 9.17) is 0 Å². The Balaban J connectivity index is 0.000000487. The van der Waals surface area contributed by atoms with E-state index in [1.165, 1.54) is 30.3 Å². The van der Waals surface area contributed by atoms with Crippen LogP contribution in [0.1, 0.15) is 64.5 Å². The molecule has 2 fully saturated rings. The Hall–Kier alpha value is -1.32. The van der Waals surface area contributed by atoms with E-state index in [1.54, 1.807) is 0 Å². The quantitative estimate of drug-likeness (QED) is 0.774. The molecule has 24 heavy (non-hydrogen) atoms. The number of rotatable bonds is 1. The van der Waals surface area contributed by atoms with Gasteiger partial charge in [0.25, 0.3) is 0 Å². The van der Waals surface area contributed by atoms with E-state index < -0.39 is 5.60 Å². The zero-order valence-electron chi connectivity index (χ0n) is 16.0. The highest BCUT2D eigenvalue weighted by molar-refractivity contribution is 5.83. The number of H-pyrrole nitrogens is 1. The lowest BCUT2D eigenvalue weighted by Crippen LogP contribution is -2.45. The number of fused-ring (bicyclic) bond motifs is 2. The minimum Gasteiger partial charge on any atom is -0.385 e. The summed E-state index contributed by atoms with van der Waals surface area (Å²) in [6, 6.07) is 6.97. The normalized spacial score (nSPS) is 26.2. The van der Waals surface area contributed by atoms with Crippen LogP contribution < -0.4 is 0 Å². The number of hydrogen-bond donors (Lipinski definition) is 2. The van der Waals surface area contributed by atoms with E-state index >= 15 is 0 Å². The van der Waals surface area contributed by atoms with Gasteiger partial charge in [-0.25, -0.2) is 0 Å². The average Bonchev–Trinajstić information content (AvgIpc) is 3.24. The third-order valence-corrected chi connectivity index (χ3v) is 5.31. The first-order valence-corrected chi connectivity index (χ1v) is 9.70. The lowest BCUT2D eigenvalue weighted by atomic mass is 9.80. The number of aromatic nitrogens is 1. The third kappa shape index (κ3) is 3.52. The molecule has 0 aliphatic carbocycles. The molecule has 2 atom stereocenters. The van der Waals surface area contributed by atoms with E-state index in [1.807, 2.05) is 33.9 Å². The molecule has 0 bridgehead atoms. The Morgan fingerprint density at radius 3 is 2.67 bits per heavy atom. The van der Waals surface area contributed by atoms with Crippen molar-refractivity contribution >= 4 is 10.9 Å². The molecule has 0 amide bonds. The Kier molecular flexibility index (Phi) is 6.47. The van der Waals surface area contributed by atoms with Gasteiger partial charge in [0.05, 0.1) is 5.60 Å². The van der Waals surface area contributed by atoms with Gasteiger partial charge in [0.15, 0.2) is 0 Å². The zero-order valence-corrected chi connectivity index (χ0v) is 16.0. The molecule has 2 aliphatic rings. The van der Waals surface area contributed by atoms with Crippen LogP contribution in [0.5, 0.6) is 0 Å². The van der Waals surface area contributed by atoms with E-state index in [0.29, 0.717) is 6.04 Å². The second kappa shape index (κ2) is 8.17. The molecule has 1 aromatic carbocycles. The maximum atomic E-state index is 11.1. The third-order valence-electron chi connectivity index (χ3n) is 5.31. The SMILES string of the molecule is CC.CC.Cc1c[nH]c2ccc(C3(O)CCN4CCCC4C3)cc12. The Morgan fingerprint density at radius 2 is 1.92 bits per heavy atom. The highest BCUT2D eigenvalue weighted by atomic mass is 16.3. The molecule has 1 aromatic heterocycles. The molecule has 2 aliphatic heterocycles. The Morgan fingerprint density at radius 1 is 1.17 bits per heavy atom. The summed E-state index contributed by atoms with van der Waals surface area (Å²) < 4.78 is 0. The predicted octanol–water partition coefficient (Wildman–Crippen LogP) is 4.97. The lowest BCUT2D eigenvalue weighted by molar-refractivity contribution is -0.0408. The van der Waals surface area contributed by atoms with Crippen molar-refractivity contribution in [1.29, 1.82) is 0 Å². The first kappa shape index (κ1) is 19.0. The Bertz CT molecular complexity index is 648. The van der Waals surface area contributed by atoms with Crippen molar-refractivity contribution in [3.8, 4) is 0 Å². The van der Waals surface area contributed by atoms with Crippen LogP contribution in [-0.2, 0) is 5.60 Å². The maximum Gasteiger partial charge on any atom is 0.0923 e. The van der Waals surface area contributed by atoms with Crippen LogP contribution in [0, 0.1) is 6.92 Å². The van der Waals surface area contributed by atoms with Gasteiger partial charge in [-0.2, -0.15) is 0 Å². The van der Waals surface area contributed by atoms with Crippen LogP contribution in [0.25, 0.3) is 10.9 Å². The Labute approximate surface area is 147 Å². The first-order valence-electron chi connectivity index (χ1n) is 9.70. The van der Waals surface area contributed by atoms with Crippen molar-refractivity contribution in [2.24, 2.45) is 0 Å². The van der Waals surface area contributed by atoms with Crippen molar-refractivity contribution in [3.63, 3.8) is 0 Å². The van der Waals surface area contributed by atoms with Gasteiger partial charge in [-0.15, -0.1) is 0 Å². The minimum atomic E-state index is -0.636. The number of nitrogens with zero attached hydrogens (tertiary/aromatic N) is 1. The van der Waals surface area contributed by atoms with Gasteiger partial charge < -0.3 is 15.0 Å². The van der Waals surface area contributed by atoms with E-state index in [0.717, 1.165) is 30.5 Å². The van der Waals surface area contributed by atoms with Crippen molar-refractivity contribution in [3.05, 3.63) is 35.5 Å². The van der Waals surface area contributed by atoms with Gasteiger partial charge in [0, 0.05) is 29.7 Å². The van der Waals surface area contributed by atoms with Crippen LogP contribution in [0.15, 0.2) is 24.4 Å². The van der Waals surface area contributed by atoms with Crippen LogP contribution in [0.2, 0.25) is 0 Å². The lowest BCUT2D eigenvalue weighted by Gasteiger charge is -2.41. The highest BCUT2D eigenvalue weighted by Crippen LogP contribution is 2.40. The summed E-state index contributed by atoms with van der Waals surface area (Å²) in [6.45, 7) is 12.4. The molecule has 0 radical (unpaired) electrons. The van der Waals surface area contributed by atoms with Gasteiger partial charge in [-0.05, 0) is 62.4 Å². The van der Waals surface area contributed by atoms with Crippen LogP contribution in [0.4, 0.5) is 0 Å². The molecule has 4 rings (SSSR count). The summed E-state index contributed by atoms with van der Waals surface area (Å²) in [7, 11) is 0. The molecule has 2 aromatic rings. The molecular formula is C21H34N2O. The van der Waals surface area contributed by atoms with Gasteiger partial charge >= 0.3 is 0 Å². The molecule has 0 saturated carbocycles. The molecule has 134 valence electrons. The van der Waals surface area contributed by atoms with Gasteiger partial charge in [0.1, 0.15) is 0 Å². The molecule has 3 heterocycles. The molecular weight excluding hydrogens is 296 g/mol. The van der Waals surface area contributed by atoms with Crippen molar-refractivity contribution in [2.45, 2.75) is 71.9 Å². The standard InChI is InChI=1S/C17H22N2O.2C2H6/c1-12-11-18-16-5-4-13(9-15(12)16)17(20)6-8-19-7-2-3-14(19)10-17;2*1-2/h4-5,9,11,14,18,20H,2-3,6-8,10H2,1H3;2*1-2H3. The van der Waals surface area contributed by atoms with Gasteiger partial charge in [-0.1, -0.05) is 33.8 Å². The predicted molar refractivity (Wildman–Crippen MR) is 103 cm³/mol. The molecule has 3 heteroatoms. The van der Waals surface area contributed by atoms with Gasteiger partial charge in [0.2, 0.25) is 0 Å². The average molecular weight is 331 g/mol. The summed E-state index contributed by atoms with van der Waals surface area (Å²) in [6.07, 6.45) is 6.32. The van der Waals surface area contributed by atoms with Crippen molar-refractivity contribution in [1.82, 2.24) is 9.88 Å². The van der Waals surface area contributed by atoms with Crippen LogP contribution in [0.3, 0.4) is 0 Å². The number of aliphatic hydroxyl groups is 1. The zero-order chi connectivity index (χ0) is 17.7.